The van der Waals surface area contributed by atoms with Crippen LogP contribution < -0.4 is 20.3 Å². The fraction of sp³-hybridized carbons (Fsp3) is 0.276. The topological polar surface area (TPSA) is 87.5 Å². The zero-order valence-corrected chi connectivity index (χ0v) is 23.0. The number of aromatic nitrogens is 3. The van der Waals surface area contributed by atoms with E-state index < -0.39 is 5.91 Å². The molecule has 0 bridgehead atoms. The van der Waals surface area contributed by atoms with Crippen molar-refractivity contribution in [3.05, 3.63) is 54.6 Å². The van der Waals surface area contributed by atoms with Crippen LogP contribution in [0.2, 0.25) is 0 Å². The third-order valence-corrected chi connectivity index (χ3v) is 6.23. The van der Waals surface area contributed by atoms with Gasteiger partial charge in [0.05, 0.1) is 29.9 Å². The zero-order valence-electron chi connectivity index (χ0n) is 23.0. The van der Waals surface area contributed by atoms with E-state index in [2.05, 4.69) is 32.4 Å². The molecule has 2 N–H and O–H groups in total. The van der Waals surface area contributed by atoms with Gasteiger partial charge in [0.25, 0.3) is 5.91 Å². The molecule has 2 aromatic carbocycles. The zero-order chi connectivity index (χ0) is 28.1. The van der Waals surface area contributed by atoms with E-state index in [1.807, 2.05) is 49.9 Å². The highest BCUT2D eigenvalue weighted by atomic mass is 19.1. The summed E-state index contributed by atoms with van der Waals surface area (Å²) in [6, 6.07) is 10.1. The van der Waals surface area contributed by atoms with Crippen LogP contribution in [-0.4, -0.2) is 66.7 Å². The minimum absolute atomic E-state index is 0.315. The molecule has 0 spiro atoms. The Morgan fingerprint density at radius 2 is 1.92 bits per heavy atom. The first kappa shape index (κ1) is 27.4. The smallest absolute Gasteiger partial charge is 0.300 e. The largest absolute Gasteiger partial charge is 0.494 e. The van der Waals surface area contributed by atoms with Gasteiger partial charge in [0, 0.05) is 62.1 Å². The number of halogens is 1. The van der Waals surface area contributed by atoms with Crippen molar-refractivity contribution in [2.45, 2.75) is 6.92 Å². The number of carbonyl (C=O) groups excluding carboxylic acids is 1. The lowest BCUT2D eigenvalue weighted by Crippen LogP contribution is -2.29. The number of ether oxygens (including phenoxy) is 1. The lowest BCUT2D eigenvalue weighted by molar-refractivity contribution is -0.111. The first-order valence-corrected chi connectivity index (χ1v) is 12.4. The molecule has 202 valence electrons. The molecular weight excluding hydrogens is 497 g/mol. The molecule has 9 nitrogen and oxygen atoms in total. The summed E-state index contributed by atoms with van der Waals surface area (Å²) in [5, 5.41) is 6.86. The maximum Gasteiger partial charge on any atom is 0.300 e. The number of carbonyl (C=O) groups is 1. The van der Waals surface area contributed by atoms with Crippen LogP contribution in [0, 0.1) is 17.7 Å². The summed E-state index contributed by atoms with van der Waals surface area (Å²) >= 11 is 0. The minimum Gasteiger partial charge on any atom is -0.494 e. The number of likely N-dealkylation sites (N-methyl/N-ethyl adjacent to an activating group) is 2. The van der Waals surface area contributed by atoms with Gasteiger partial charge in [0.2, 0.25) is 5.95 Å². The number of methoxy groups -OCH3 is 1. The van der Waals surface area contributed by atoms with Crippen LogP contribution in [0.15, 0.2) is 48.8 Å². The highest BCUT2D eigenvalue weighted by Gasteiger charge is 2.17. The molecule has 0 atom stereocenters. The van der Waals surface area contributed by atoms with E-state index in [9.17, 15) is 9.18 Å². The summed E-state index contributed by atoms with van der Waals surface area (Å²) in [4.78, 5) is 25.6. The Hall–Kier alpha value is -4.62. The second-order valence-electron chi connectivity index (χ2n) is 9.33. The normalized spacial score (nSPS) is 10.8. The van der Waals surface area contributed by atoms with E-state index in [4.69, 9.17) is 9.72 Å². The number of anilines is 4. The average Bonchev–Trinajstić information content (AvgIpc) is 3.23. The van der Waals surface area contributed by atoms with Crippen molar-refractivity contribution in [1.82, 2.24) is 19.4 Å². The summed E-state index contributed by atoms with van der Waals surface area (Å²) in [7, 11) is 9.44. The van der Waals surface area contributed by atoms with Crippen molar-refractivity contribution in [2.75, 3.05) is 56.9 Å². The van der Waals surface area contributed by atoms with Crippen LogP contribution in [0.3, 0.4) is 0 Å². The molecule has 4 aromatic rings. The number of fused-ring (bicyclic) bond motifs is 1. The van der Waals surface area contributed by atoms with Gasteiger partial charge in [0.15, 0.2) is 0 Å². The van der Waals surface area contributed by atoms with E-state index in [0.717, 1.165) is 35.2 Å². The van der Waals surface area contributed by atoms with E-state index in [-0.39, 0.29) is 5.82 Å². The van der Waals surface area contributed by atoms with Crippen molar-refractivity contribution in [1.29, 1.82) is 0 Å². The number of hydrogen-bond donors (Lipinski definition) is 2. The standard InChI is InChI=1S/C29H32FN7O2/c1-7-8-28(38)32-23-16-24(27(39-6)17-26(23)36(4)14-13-35(2)3)34-29-31-12-11-22(33-29)21-18-37(5)25-10-9-19(30)15-20(21)25/h9-12,15-18H,13-14H2,1-6H3,(H,32,38)(H,31,33,34). The third-order valence-electron chi connectivity index (χ3n) is 6.23. The van der Waals surface area contributed by atoms with E-state index in [1.165, 1.54) is 12.1 Å². The van der Waals surface area contributed by atoms with E-state index in [0.29, 0.717) is 28.8 Å². The Kier molecular flexibility index (Phi) is 8.32. The van der Waals surface area contributed by atoms with Crippen LogP contribution in [0.25, 0.3) is 22.2 Å². The maximum absolute atomic E-state index is 14.0. The molecule has 0 aliphatic rings. The molecule has 39 heavy (non-hydrogen) atoms. The van der Waals surface area contributed by atoms with Crippen LogP contribution in [0.4, 0.5) is 27.4 Å². The highest BCUT2D eigenvalue weighted by Crippen LogP contribution is 2.38. The number of nitrogens with one attached hydrogen (secondary N) is 2. The summed E-state index contributed by atoms with van der Waals surface area (Å²) in [5.41, 5.74) is 4.21. The third kappa shape index (κ3) is 6.27. The summed E-state index contributed by atoms with van der Waals surface area (Å²) in [5.74, 6) is 5.28. The van der Waals surface area contributed by atoms with Crippen molar-refractivity contribution in [2.24, 2.45) is 7.05 Å². The number of nitrogens with zero attached hydrogens (tertiary/aromatic N) is 5. The lowest BCUT2D eigenvalue weighted by Gasteiger charge is -2.25. The molecular formula is C29H32FN7O2. The fourth-order valence-corrected chi connectivity index (χ4v) is 4.25. The van der Waals surface area contributed by atoms with Gasteiger partial charge in [-0.25, -0.2) is 14.4 Å². The number of amides is 1. The maximum atomic E-state index is 14.0. The van der Waals surface area contributed by atoms with E-state index >= 15 is 0 Å². The Balaban J connectivity index is 1.72. The Labute approximate surface area is 227 Å². The number of rotatable bonds is 9. The molecule has 0 saturated carbocycles. The average molecular weight is 530 g/mol. The molecule has 0 aliphatic carbocycles. The molecule has 0 radical (unpaired) electrons. The van der Waals surface area contributed by atoms with Gasteiger partial charge < -0.3 is 29.7 Å². The first-order valence-electron chi connectivity index (χ1n) is 12.4. The molecule has 2 heterocycles. The number of hydrogen-bond acceptors (Lipinski definition) is 7. The first-order chi connectivity index (χ1) is 18.7. The molecule has 0 unspecified atom stereocenters. The van der Waals surface area contributed by atoms with Crippen LogP contribution in [0.1, 0.15) is 6.92 Å². The predicted molar refractivity (Wildman–Crippen MR) is 154 cm³/mol. The van der Waals surface area contributed by atoms with Gasteiger partial charge in [-0.3, -0.25) is 4.79 Å². The van der Waals surface area contributed by atoms with Gasteiger partial charge in [-0.1, -0.05) is 5.92 Å². The Morgan fingerprint density at radius 3 is 2.64 bits per heavy atom. The van der Waals surface area contributed by atoms with Crippen molar-refractivity contribution in [3.8, 4) is 28.8 Å². The SMILES string of the molecule is CC#CC(=O)Nc1cc(Nc2nccc(-c3cn(C)c4ccc(F)cc34)n2)c(OC)cc1N(C)CCN(C)C. The monoisotopic (exact) mass is 529 g/mol. The van der Waals surface area contributed by atoms with Crippen molar-refractivity contribution in [3.63, 3.8) is 0 Å². The van der Waals surface area contributed by atoms with Crippen molar-refractivity contribution >= 4 is 39.8 Å². The van der Waals surface area contributed by atoms with Gasteiger partial charge in [-0.2, -0.15) is 0 Å². The molecule has 1 amide bonds. The highest BCUT2D eigenvalue weighted by molar-refractivity contribution is 6.06. The second-order valence-corrected chi connectivity index (χ2v) is 9.33. The minimum atomic E-state index is -0.419. The molecule has 2 aromatic heterocycles. The van der Waals surface area contributed by atoms with Gasteiger partial charge in [0.1, 0.15) is 11.6 Å². The summed E-state index contributed by atoms with van der Waals surface area (Å²) < 4.78 is 21.7. The second kappa shape index (κ2) is 11.8. The summed E-state index contributed by atoms with van der Waals surface area (Å²) in [6.07, 6.45) is 3.55. The Bertz CT molecular complexity index is 1570. The van der Waals surface area contributed by atoms with Crippen LogP contribution in [0.5, 0.6) is 5.75 Å². The quantitative estimate of drug-likeness (QED) is 0.309. The van der Waals surface area contributed by atoms with Crippen LogP contribution in [-0.2, 0) is 11.8 Å². The molecule has 4 rings (SSSR count). The molecule has 10 heteroatoms. The van der Waals surface area contributed by atoms with Gasteiger partial charge >= 0.3 is 0 Å². The predicted octanol–water partition coefficient (Wildman–Crippen LogP) is 4.49. The number of benzene rings is 2. The molecule has 0 aliphatic heterocycles. The molecule has 0 fully saturated rings. The van der Waals surface area contributed by atoms with Crippen LogP contribution >= 0.6 is 0 Å². The van der Waals surface area contributed by atoms with Crippen molar-refractivity contribution < 1.29 is 13.9 Å². The fourth-order valence-electron chi connectivity index (χ4n) is 4.25. The van der Waals surface area contributed by atoms with Gasteiger partial charge in [-0.05, 0) is 57.3 Å². The molecule has 0 saturated heterocycles. The lowest BCUT2D eigenvalue weighted by atomic mass is 10.1. The van der Waals surface area contributed by atoms with E-state index in [1.54, 1.807) is 38.4 Å². The summed E-state index contributed by atoms with van der Waals surface area (Å²) in [6.45, 7) is 3.15. The van der Waals surface area contributed by atoms with Gasteiger partial charge in [-0.15, -0.1) is 0 Å². The number of aryl methyl sites for hydroxylation is 1. The Morgan fingerprint density at radius 1 is 1.13 bits per heavy atom.